The van der Waals surface area contributed by atoms with Crippen LogP contribution in [0, 0.1) is 0 Å². The molecular weight excluding hydrogens is 284 g/mol. The van der Waals surface area contributed by atoms with E-state index in [0.29, 0.717) is 6.42 Å². The van der Waals surface area contributed by atoms with Gasteiger partial charge in [0, 0.05) is 13.1 Å². The van der Waals surface area contributed by atoms with Crippen LogP contribution in [0.2, 0.25) is 0 Å². The molecule has 116 valence electrons. The molecule has 0 amide bonds. The van der Waals surface area contributed by atoms with E-state index in [1.54, 1.807) is 0 Å². The van der Waals surface area contributed by atoms with E-state index in [1.807, 2.05) is 0 Å². The van der Waals surface area contributed by atoms with Gasteiger partial charge in [0.1, 0.15) is 0 Å². The van der Waals surface area contributed by atoms with Gasteiger partial charge in [0.15, 0.2) is 0 Å². The molecule has 0 saturated carbocycles. The van der Waals surface area contributed by atoms with Crippen LogP contribution in [0.1, 0.15) is 30.9 Å². The van der Waals surface area contributed by atoms with Crippen molar-refractivity contribution in [1.29, 1.82) is 0 Å². The summed E-state index contributed by atoms with van der Waals surface area (Å²) >= 11 is 0. The smallest absolute Gasteiger partial charge is 0.209 e. The molecule has 0 atom stereocenters. The zero-order valence-electron chi connectivity index (χ0n) is 12.6. The third kappa shape index (κ3) is 5.26. The molecule has 4 nitrogen and oxygen atoms in total. The SMILES string of the molecule is CCc1ccc(C2=CCN(CCCS(N)(=O)=O)CC2)cc1. The normalized spacial score (nSPS) is 16.8. The molecule has 21 heavy (non-hydrogen) atoms. The Bertz CT molecular complexity index is 591. The van der Waals surface area contributed by atoms with Gasteiger partial charge in [-0.2, -0.15) is 0 Å². The molecule has 1 aromatic carbocycles. The Kier molecular flexibility index (Phi) is 5.56. The van der Waals surface area contributed by atoms with Crippen LogP contribution in [0.5, 0.6) is 0 Å². The fourth-order valence-electron chi connectivity index (χ4n) is 2.62. The fourth-order valence-corrected chi connectivity index (χ4v) is 3.15. The van der Waals surface area contributed by atoms with Crippen LogP contribution in [0.25, 0.3) is 5.57 Å². The van der Waals surface area contributed by atoms with E-state index in [1.165, 1.54) is 16.7 Å². The first-order valence-electron chi connectivity index (χ1n) is 7.49. The minimum atomic E-state index is -3.33. The van der Waals surface area contributed by atoms with Gasteiger partial charge in [0.25, 0.3) is 0 Å². The van der Waals surface area contributed by atoms with Gasteiger partial charge in [-0.1, -0.05) is 37.3 Å². The van der Waals surface area contributed by atoms with Crippen LogP contribution in [-0.4, -0.2) is 38.7 Å². The van der Waals surface area contributed by atoms with Crippen LogP contribution in [-0.2, 0) is 16.4 Å². The Morgan fingerprint density at radius 3 is 2.48 bits per heavy atom. The fraction of sp³-hybridized carbons (Fsp3) is 0.500. The van der Waals surface area contributed by atoms with Gasteiger partial charge < -0.3 is 0 Å². The second kappa shape index (κ2) is 7.20. The third-order valence-electron chi connectivity index (χ3n) is 3.93. The zero-order chi connectivity index (χ0) is 15.3. The van der Waals surface area contributed by atoms with Crippen LogP contribution in [0.15, 0.2) is 30.3 Å². The van der Waals surface area contributed by atoms with E-state index < -0.39 is 10.0 Å². The molecule has 0 fully saturated rings. The highest BCUT2D eigenvalue weighted by molar-refractivity contribution is 7.89. The maximum atomic E-state index is 10.9. The summed E-state index contributed by atoms with van der Waals surface area (Å²) in [6.07, 6.45) is 4.94. The van der Waals surface area contributed by atoms with Crippen LogP contribution >= 0.6 is 0 Å². The number of hydrogen-bond donors (Lipinski definition) is 1. The highest BCUT2D eigenvalue weighted by Crippen LogP contribution is 2.22. The number of rotatable bonds is 6. The average Bonchev–Trinajstić information content (AvgIpc) is 2.47. The van der Waals surface area contributed by atoms with Gasteiger partial charge in [-0.3, -0.25) is 4.90 Å². The predicted octanol–water partition coefficient (Wildman–Crippen LogP) is 2.02. The molecule has 0 unspecified atom stereocenters. The summed E-state index contributed by atoms with van der Waals surface area (Å²) in [6, 6.07) is 8.77. The minimum absolute atomic E-state index is 0.0680. The molecular formula is C16H24N2O2S. The van der Waals surface area contributed by atoms with Crippen molar-refractivity contribution >= 4 is 15.6 Å². The van der Waals surface area contributed by atoms with Crippen LogP contribution in [0.3, 0.4) is 0 Å². The Morgan fingerprint density at radius 2 is 1.95 bits per heavy atom. The summed E-state index contributed by atoms with van der Waals surface area (Å²) in [6.45, 7) is 4.81. The number of nitrogens with zero attached hydrogens (tertiary/aromatic N) is 1. The molecule has 0 bridgehead atoms. The van der Waals surface area contributed by atoms with E-state index in [2.05, 4.69) is 42.2 Å². The highest BCUT2D eigenvalue weighted by atomic mass is 32.2. The molecule has 2 rings (SSSR count). The Balaban J connectivity index is 1.86. The van der Waals surface area contributed by atoms with E-state index in [-0.39, 0.29) is 5.75 Å². The molecule has 5 heteroatoms. The van der Waals surface area contributed by atoms with Gasteiger partial charge >= 0.3 is 0 Å². The van der Waals surface area contributed by atoms with Crippen molar-refractivity contribution in [1.82, 2.24) is 4.90 Å². The quantitative estimate of drug-likeness (QED) is 0.874. The Labute approximate surface area is 127 Å². The van der Waals surface area contributed by atoms with Gasteiger partial charge in [-0.25, -0.2) is 13.6 Å². The topological polar surface area (TPSA) is 63.4 Å². The van der Waals surface area contributed by atoms with Crippen molar-refractivity contribution in [3.05, 3.63) is 41.5 Å². The Hall–Kier alpha value is -1.17. The summed E-state index contributed by atoms with van der Waals surface area (Å²) in [7, 11) is -3.33. The van der Waals surface area contributed by atoms with Crippen molar-refractivity contribution in [3.8, 4) is 0 Å². The lowest BCUT2D eigenvalue weighted by atomic mass is 9.98. The first kappa shape index (κ1) is 16.2. The van der Waals surface area contributed by atoms with Crippen molar-refractivity contribution in [3.63, 3.8) is 0 Å². The predicted molar refractivity (Wildman–Crippen MR) is 87.4 cm³/mol. The number of hydrogen-bond acceptors (Lipinski definition) is 3. The number of primary sulfonamides is 1. The largest absolute Gasteiger partial charge is 0.299 e. The van der Waals surface area contributed by atoms with Crippen molar-refractivity contribution in [2.75, 3.05) is 25.4 Å². The molecule has 0 aliphatic carbocycles. The third-order valence-corrected chi connectivity index (χ3v) is 4.79. The number of nitrogens with two attached hydrogens (primary N) is 1. The molecule has 1 aromatic rings. The monoisotopic (exact) mass is 308 g/mol. The number of aryl methyl sites for hydroxylation is 1. The van der Waals surface area contributed by atoms with Gasteiger partial charge in [-0.05, 0) is 42.5 Å². The van der Waals surface area contributed by atoms with Crippen LogP contribution < -0.4 is 5.14 Å². The lowest BCUT2D eigenvalue weighted by Gasteiger charge is -2.26. The number of sulfonamides is 1. The summed E-state index contributed by atoms with van der Waals surface area (Å²) in [5.74, 6) is 0.0680. The van der Waals surface area contributed by atoms with Crippen molar-refractivity contribution in [2.45, 2.75) is 26.2 Å². The lowest BCUT2D eigenvalue weighted by Crippen LogP contribution is -2.31. The molecule has 1 aliphatic rings. The second-order valence-electron chi connectivity index (χ2n) is 5.55. The summed E-state index contributed by atoms with van der Waals surface area (Å²) < 4.78 is 21.8. The molecule has 0 saturated heterocycles. The summed E-state index contributed by atoms with van der Waals surface area (Å²) in [4.78, 5) is 2.27. The van der Waals surface area contributed by atoms with E-state index in [9.17, 15) is 8.42 Å². The first-order chi connectivity index (χ1) is 9.98. The lowest BCUT2D eigenvalue weighted by molar-refractivity contribution is 0.303. The van der Waals surface area contributed by atoms with Crippen molar-refractivity contribution < 1.29 is 8.42 Å². The van der Waals surface area contributed by atoms with Crippen LogP contribution in [0.4, 0.5) is 0 Å². The van der Waals surface area contributed by atoms with E-state index >= 15 is 0 Å². The summed E-state index contributed by atoms with van der Waals surface area (Å²) in [5.41, 5.74) is 4.05. The van der Waals surface area contributed by atoms with Crippen molar-refractivity contribution in [2.24, 2.45) is 5.14 Å². The number of benzene rings is 1. The van der Waals surface area contributed by atoms with Gasteiger partial charge in [-0.15, -0.1) is 0 Å². The van der Waals surface area contributed by atoms with Gasteiger partial charge in [0.2, 0.25) is 10.0 Å². The van der Waals surface area contributed by atoms with Gasteiger partial charge in [0.05, 0.1) is 5.75 Å². The maximum Gasteiger partial charge on any atom is 0.209 e. The van der Waals surface area contributed by atoms with E-state index in [0.717, 1.165) is 32.5 Å². The first-order valence-corrected chi connectivity index (χ1v) is 9.20. The molecule has 0 spiro atoms. The minimum Gasteiger partial charge on any atom is -0.299 e. The summed E-state index contributed by atoms with van der Waals surface area (Å²) in [5, 5.41) is 5.01. The maximum absolute atomic E-state index is 10.9. The standard InChI is InChI=1S/C16H24N2O2S/c1-2-14-4-6-15(7-5-14)16-8-11-18(12-9-16)10-3-13-21(17,19)20/h4-8H,2-3,9-13H2,1H3,(H2,17,19,20). The second-order valence-corrected chi connectivity index (χ2v) is 7.28. The molecule has 0 radical (unpaired) electrons. The Morgan fingerprint density at radius 1 is 1.24 bits per heavy atom. The zero-order valence-corrected chi connectivity index (χ0v) is 13.4. The highest BCUT2D eigenvalue weighted by Gasteiger charge is 2.13. The average molecular weight is 308 g/mol. The molecule has 0 aromatic heterocycles. The van der Waals surface area contributed by atoms with E-state index in [4.69, 9.17) is 5.14 Å². The molecule has 1 aliphatic heterocycles. The molecule has 1 heterocycles. The molecule has 2 N–H and O–H groups in total.